The maximum Gasteiger partial charge on any atom is 0.242 e. The lowest BCUT2D eigenvalue weighted by Crippen LogP contribution is -2.33. The van der Waals surface area contributed by atoms with Gasteiger partial charge in [0.1, 0.15) is 4.90 Å². The van der Waals surface area contributed by atoms with Crippen molar-refractivity contribution in [2.45, 2.75) is 25.2 Å². The molecule has 0 atom stereocenters. The van der Waals surface area contributed by atoms with Gasteiger partial charge >= 0.3 is 0 Å². The smallest absolute Gasteiger partial charge is 0.242 e. The molecule has 0 unspecified atom stereocenters. The van der Waals surface area contributed by atoms with Crippen molar-refractivity contribution < 1.29 is 13.2 Å². The number of rotatable bonds is 6. The van der Waals surface area contributed by atoms with E-state index in [1.165, 1.54) is 6.07 Å². The molecule has 0 radical (unpaired) electrons. The van der Waals surface area contributed by atoms with Crippen LogP contribution in [0.25, 0.3) is 0 Å². The zero-order valence-corrected chi connectivity index (χ0v) is 15.0. The monoisotopic (exact) mass is 366 g/mol. The Balaban J connectivity index is 2.02. The van der Waals surface area contributed by atoms with Gasteiger partial charge in [0.2, 0.25) is 15.9 Å². The molecule has 2 aromatic rings. The maximum atomic E-state index is 12.2. The summed E-state index contributed by atoms with van der Waals surface area (Å²) in [5.74, 6) is -0.449. The van der Waals surface area contributed by atoms with Gasteiger partial charge in [0.25, 0.3) is 0 Å². The standard InChI is InChI=1S/C17H19ClN2O3S/c1-3-13-5-4-6-14(10-13)20-17(21)11-19-24(22,23)16-8-7-12(2)9-15(16)18/h4-10,19H,3,11H2,1-2H3,(H,20,21). The highest BCUT2D eigenvalue weighted by atomic mass is 35.5. The van der Waals surface area contributed by atoms with Crippen molar-refractivity contribution in [1.82, 2.24) is 4.72 Å². The molecular formula is C17H19ClN2O3S. The second-order valence-electron chi connectivity index (χ2n) is 5.36. The molecule has 0 saturated carbocycles. The minimum Gasteiger partial charge on any atom is -0.325 e. The minimum atomic E-state index is -3.85. The summed E-state index contributed by atoms with van der Waals surface area (Å²) >= 11 is 5.97. The Bertz CT molecular complexity index is 851. The van der Waals surface area contributed by atoms with Crippen LogP contribution in [-0.4, -0.2) is 20.9 Å². The number of sulfonamides is 1. The molecule has 0 aromatic heterocycles. The highest BCUT2D eigenvalue weighted by Crippen LogP contribution is 2.22. The molecule has 2 N–H and O–H groups in total. The third-order valence-electron chi connectivity index (χ3n) is 3.42. The summed E-state index contributed by atoms with van der Waals surface area (Å²) in [6.07, 6.45) is 0.849. The van der Waals surface area contributed by atoms with Gasteiger partial charge in [-0.25, -0.2) is 13.1 Å². The van der Waals surface area contributed by atoms with E-state index in [-0.39, 0.29) is 16.5 Å². The molecule has 128 valence electrons. The third-order valence-corrected chi connectivity index (χ3v) is 5.30. The van der Waals surface area contributed by atoms with Crippen molar-refractivity contribution in [3.63, 3.8) is 0 Å². The van der Waals surface area contributed by atoms with Crippen LogP contribution in [0.2, 0.25) is 5.02 Å². The molecule has 0 spiro atoms. The van der Waals surface area contributed by atoms with E-state index < -0.39 is 15.9 Å². The number of carbonyl (C=O) groups excluding carboxylic acids is 1. The highest BCUT2D eigenvalue weighted by molar-refractivity contribution is 7.89. The first-order valence-corrected chi connectivity index (χ1v) is 9.32. The molecule has 0 aliphatic heterocycles. The van der Waals surface area contributed by atoms with Gasteiger partial charge in [-0.05, 0) is 48.7 Å². The van der Waals surface area contributed by atoms with Gasteiger partial charge in [-0.3, -0.25) is 4.79 Å². The number of anilines is 1. The van der Waals surface area contributed by atoms with Crippen LogP contribution in [0.15, 0.2) is 47.4 Å². The van der Waals surface area contributed by atoms with Crippen LogP contribution in [0.1, 0.15) is 18.1 Å². The van der Waals surface area contributed by atoms with Gasteiger partial charge in [-0.15, -0.1) is 0 Å². The zero-order valence-electron chi connectivity index (χ0n) is 13.5. The van der Waals surface area contributed by atoms with E-state index in [1.54, 1.807) is 18.2 Å². The molecule has 24 heavy (non-hydrogen) atoms. The van der Waals surface area contributed by atoms with Crippen LogP contribution in [0.4, 0.5) is 5.69 Å². The fourth-order valence-electron chi connectivity index (χ4n) is 2.14. The van der Waals surface area contributed by atoms with Crippen molar-refractivity contribution in [3.05, 3.63) is 58.6 Å². The first kappa shape index (κ1) is 18.4. The average Bonchev–Trinajstić information content (AvgIpc) is 2.53. The first-order valence-electron chi connectivity index (χ1n) is 7.46. The van der Waals surface area contributed by atoms with Gasteiger partial charge in [0, 0.05) is 5.69 Å². The van der Waals surface area contributed by atoms with Crippen molar-refractivity contribution >= 4 is 33.2 Å². The Kier molecular flexibility index (Phi) is 5.99. The molecule has 2 aromatic carbocycles. The second kappa shape index (κ2) is 7.79. The number of amides is 1. The Morgan fingerprint density at radius 1 is 1.17 bits per heavy atom. The van der Waals surface area contributed by atoms with E-state index in [9.17, 15) is 13.2 Å². The summed E-state index contributed by atoms with van der Waals surface area (Å²) < 4.78 is 26.8. The molecule has 1 amide bonds. The van der Waals surface area contributed by atoms with Crippen molar-refractivity contribution in [2.75, 3.05) is 11.9 Å². The number of carbonyl (C=O) groups is 1. The number of hydrogen-bond acceptors (Lipinski definition) is 3. The van der Waals surface area contributed by atoms with E-state index in [0.29, 0.717) is 5.69 Å². The Labute approximate surface area is 147 Å². The molecule has 0 heterocycles. The van der Waals surface area contributed by atoms with Crippen LogP contribution < -0.4 is 10.0 Å². The summed E-state index contributed by atoms with van der Waals surface area (Å²) in [4.78, 5) is 11.9. The summed E-state index contributed by atoms with van der Waals surface area (Å²) in [5, 5.41) is 2.79. The average molecular weight is 367 g/mol. The number of benzene rings is 2. The Hall–Kier alpha value is -1.89. The third kappa shape index (κ3) is 4.80. The van der Waals surface area contributed by atoms with Gasteiger partial charge in [0.05, 0.1) is 11.6 Å². The van der Waals surface area contributed by atoms with E-state index in [4.69, 9.17) is 11.6 Å². The summed E-state index contributed by atoms with van der Waals surface area (Å²) in [6.45, 7) is 3.46. The fraction of sp³-hybridized carbons (Fsp3) is 0.235. The fourth-order valence-corrected chi connectivity index (χ4v) is 3.72. The lowest BCUT2D eigenvalue weighted by atomic mass is 10.1. The molecule has 2 rings (SSSR count). The molecule has 0 aliphatic rings. The molecule has 0 bridgehead atoms. The predicted octanol–water partition coefficient (Wildman–Crippen LogP) is 3.13. The molecule has 0 aliphatic carbocycles. The number of hydrogen-bond donors (Lipinski definition) is 2. The maximum absolute atomic E-state index is 12.2. The second-order valence-corrected chi connectivity index (χ2v) is 7.50. The lowest BCUT2D eigenvalue weighted by molar-refractivity contribution is -0.115. The number of halogens is 1. The largest absolute Gasteiger partial charge is 0.325 e. The highest BCUT2D eigenvalue weighted by Gasteiger charge is 2.18. The quantitative estimate of drug-likeness (QED) is 0.824. The van der Waals surface area contributed by atoms with E-state index in [1.807, 2.05) is 32.0 Å². The molecule has 0 saturated heterocycles. The van der Waals surface area contributed by atoms with E-state index >= 15 is 0 Å². The number of nitrogens with one attached hydrogen (secondary N) is 2. The first-order chi connectivity index (χ1) is 11.3. The van der Waals surface area contributed by atoms with E-state index in [0.717, 1.165) is 17.5 Å². The van der Waals surface area contributed by atoms with Gasteiger partial charge in [-0.2, -0.15) is 0 Å². The molecule has 7 heteroatoms. The number of aryl methyl sites for hydroxylation is 2. The zero-order chi connectivity index (χ0) is 17.7. The topological polar surface area (TPSA) is 75.3 Å². The predicted molar refractivity (Wildman–Crippen MR) is 95.8 cm³/mol. The van der Waals surface area contributed by atoms with Crippen LogP contribution in [0.3, 0.4) is 0 Å². The van der Waals surface area contributed by atoms with Crippen molar-refractivity contribution in [3.8, 4) is 0 Å². The van der Waals surface area contributed by atoms with Crippen LogP contribution in [0.5, 0.6) is 0 Å². The molecule has 5 nitrogen and oxygen atoms in total. The van der Waals surface area contributed by atoms with Gasteiger partial charge in [0.15, 0.2) is 0 Å². The molecule has 0 fully saturated rings. The molecular weight excluding hydrogens is 348 g/mol. The lowest BCUT2D eigenvalue weighted by Gasteiger charge is -2.10. The van der Waals surface area contributed by atoms with Gasteiger partial charge in [-0.1, -0.05) is 36.7 Å². The van der Waals surface area contributed by atoms with E-state index in [2.05, 4.69) is 10.0 Å². The summed E-state index contributed by atoms with van der Waals surface area (Å²) in [5.41, 5.74) is 2.57. The summed E-state index contributed by atoms with van der Waals surface area (Å²) in [7, 11) is -3.85. The Morgan fingerprint density at radius 2 is 1.92 bits per heavy atom. The van der Waals surface area contributed by atoms with Crippen molar-refractivity contribution in [1.29, 1.82) is 0 Å². The summed E-state index contributed by atoms with van der Waals surface area (Å²) in [6, 6.07) is 12.0. The SMILES string of the molecule is CCc1cccc(NC(=O)CNS(=O)(=O)c2ccc(C)cc2Cl)c1. The van der Waals surface area contributed by atoms with Crippen LogP contribution >= 0.6 is 11.6 Å². The normalized spacial score (nSPS) is 11.3. The Morgan fingerprint density at radius 3 is 2.58 bits per heavy atom. The van der Waals surface area contributed by atoms with Gasteiger partial charge < -0.3 is 5.32 Å². The van der Waals surface area contributed by atoms with Crippen LogP contribution in [0, 0.1) is 6.92 Å². The van der Waals surface area contributed by atoms with Crippen molar-refractivity contribution in [2.24, 2.45) is 0 Å². The minimum absolute atomic E-state index is 0.0458. The van der Waals surface area contributed by atoms with Crippen LogP contribution in [-0.2, 0) is 21.2 Å².